The number of hydrogen-bond donors (Lipinski definition) is 1. The topological polar surface area (TPSA) is 35.2 Å². The Bertz CT molecular complexity index is 288. The van der Waals surface area contributed by atoms with Crippen LogP contribution >= 0.6 is 0 Å². The monoisotopic (exact) mass is 197 g/mol. The SMILES string of the molecule is CC(N)CC(C)Oc1ccccc1F. The minimum atomic E-state index is -0.330. The molecule has 0 amide bonds. The molecule has 0 aromatic heterocycles. The number of para-hydroxylation sites is 1. The Morgan fingerprint density at radius 1 is 1.36 bits per heavy atom. The van der Waals surface area contributed by atoms with Gasteiger partial charge in [-0.25, -0.2) is 4.39 Å². The van der Waals surface area contributed by atoms with Crippen LogP contribution in [0.4, 0.5) is 4.39 Å². The first-order valence-corrected chi connectivity index (χ1v) is 4.76. The maximum absolute atomic E-state index is 13.1. The number of benzene rings is 1. The van der Waals surface area contributed by atoms with Crippen LogP contribution in [0.1, 0.15) is 20.3 Å². The third-order valence-corrected chi connectivity index (χ3v) is 1.87. The summed E-state index contributed by atoms with van der Waals surface area (Å²) in [5.41, 5.74) is 5.61. The molecule has 2 atom stereocenters. The molecule has 0 aliphatic heterocycles. The standard InChI is InChI=1S/C11H16FNO/c1-8(13)7-9(2)14-11-6-4-3-5-10(11)12/h3-6,8-9H,7,13H2,1-2H3. The molecule has 0 radical (unpaired) electrons. The van der Waals surface area contributed by atoms with E-state index < -0.39 is 0 Å². The zero-order chi connectivity index (χ0) is 10.6. The lowest BCUT2D eigenvalue weighted by atomic mass is 10.2. The van der Waals surface area contributed by atoms with Gasteiger partial charge in [0.2, 0.25) is 0 Å². The average molecular weight is 197 g/mol. The molecule has 0 saturated carbocycles. The largest absolute Gasteiger partial charge is 0.488 e. The van der Waals surface area contributed by atoms with Crippen molar-refractivity contribution in [2.45, 2.75) is 32.4 Å². The van der Waals surface area contributed by atoms with Crippen molar-refractivity contribution in [3.8, 4) is 5.75 Å². The first-order chi connectivity index (χ1) is 6.59. The van der Waals surface area contributed by atoms with Crippen molar-refractivity contribution in [1.82, 2.24) is 0 Å². The molecule has 0 heterocycles. The Morgan fingerprint density at radius 3 is 2.57 bits per heavy atom. The number of hydrogen-bond acceptors (Lipinski definition) is 2. The van der Waals surface area contributed by atoms with Gasteiger partial charge in [0, 0.05) is 6.04 Å². The van der Waals surface area contributed by atoms with Gasteiger partial charge in [-0.05, 0) is 32.4 Å². The highest BCUT2D eigenvalue weighted by Gasteiger charge is 2.09. The second-order valence-corrected chi connectivity index (χ2v) is 3.57. The van der Waals surface area contributed by atoms with Crippen molar-refractivity contribution in [1.29, 1.82) is 0 Å². The zero-order valence-corrected chi connectivity index (χ0v) is 8.53. The van der Waals surface area contributed by atoms with Crippen molar-refractivity contribution in [2.24, 2.45) is 5.73 Å². The Kier molecular flexibility index (Phi) is 3.89. The first kappa shape index (κ1) is 11.0. The molecule has 0 fully saturated rings. The minimum Gasteiger partial charge on any atom is -0.488 e. The van der Waals surface area contributed by atoms with Crippen LogP contribution in [-0.2, 0) is 0 Å². The Balaban J connectivity index is 2.56. The van der Waals surface area contributed by atoms with Gasteiger partial charge in [0.15, 0.2) is 11.6 Å². The van der Waals surface area contributed by atoms with Crippen LogP contribution in [0.25, 0.3) is 0 Å². The summed E-state index contributed by atoms with van der Waals surface area (Å²) in [5, 5.41) is 0. The van der Waals surface area contributed by atoms with Gasteiger partial charge in [0.25, 0.3) is 0 Å². The molecule has 3 heteroatoms. The summed E-state index contributed by atoms with van der Waals surface area (Å²) >= 11 is 0. The van der Waals surface area contributed by atoms with Crippen molar-refractivity contribution < 1.29 is 9.13 Å². The summed E-state index contributed by atoms with van der Waals surface area (Å²) in [7, 11) is 0. The van der Waals surface area contributed by atoms with E-state index in [9.17, 15) is 4.39 Å². The Morgan fingerprint density at radius 2 is 2.00 bits per heavy atom. The summed E-state index contributed by atoms with van der Waals surface area (Å²) in [4.78, 5) is 0. The highest BCUT2D eigenvalue weighted by molar-refractivity contribution is 5.23. The van der Waals surface area contributed by atoms with E-state index in [4.69, 9.17) is 10.5 Å². The van der Waals surface area contributed by atoms with Crippen molar-refractivity contribution in [3.05, 3.63) is 30.1 Å². The van der Waals surface area contributed by atoms with E-state index in [0.717, 1.165) is 0 Å². The fraction of sp³-hybridized carbons (Fsp3) is 0.455. The lowest BCUT2D eigenvalue weighted by molar-refractivity contribution is 0.194. The summed E-state index contributed by atoms with van der Waals surface area (Å²) < 4.78 is 18.5. The second kappa shape index (κ2) is 4.96. The zero-order valence-electron chi connectivity index (χ0n) is 8.53. The van der Waals surface area contributed by atoms with Gasteiger partial charge in [-0.1, -0.05) is 12.1 Å². The number of rotatable bonds is 4. The summed E-state index contributed by atoms with van der Waals surface area (Å²) in [5.74, 6) is -0.0373. The molecule has 1 aromatic carbocycles. The highest BCUT2D eigenvalue weighted by atomic mass is 19.1. The van der Waals surface area contributed by atoms with Crippen LogP contribution in [0.5, 0.6) is 5.75 Å². The maximum atomic E-state index is 13.1. The minimum absolute atomic E-state index is 0.0631. The molecule has 1 rings (SSSR count). The van der Waals surface area contributed by atoms with E-state index in [0.29, 0.717) is 12.2 Å². The molecule has 0 spiro atoms. The van der Waals surface area contributed by atoms with Crippen LogP contribution < -0.4 is 10.5 Å². The van der Waals surface area contributed by atoms with Gasteiger partial charge in [-0.2, -0.15) is 0 Å². The molecular formula is C11H16FNO. The van der Waals surface area contributed by atoms with Crippen LogP contribution in [0.2, 0.25) is 0 Å². The molecule has 0 aliphatic carbocycles. The quantitative estimate of drug-likeness (QED) is 0.804. The smallest absolute Gasteiger partial charge is 0.165 e. The van der Waals surface area contributed by atoms with Gasteiger partial charge in [-0.15, -0.1) is 0 Å². The summed E-state index contributed by atoms with van der Waals surface area (Å²) in [6, 6.07) is 6.45. The highest BCUT2D eigenvalue weighted by Crippen LogP contribution is 2.18. The molecule has 2 nitrogen and oxygen atoms in total. The molecule has 2 N–H and O–H groups in total. The lowest BCUT2D eigenvalue weighted by Crippen LogP contribution is -2.24. The van der Waals surface area contributed by atoms with Gasteiger partial charge >= 0.3 is 0 Å². The fourth-order valence-electron chi connectivity index (χ4n) is 1.33. The Labute approximate surface area is 83.9 Å². The molecular weight excluding hydrogens is 181 g/mol. The normalized spacial score (nSPS) is 14.9. The third kappa shape index (κ3) is 3.34. The van der Waals surface area contributed by atoms with E-state index in [2.05, 4.69) is 0 Å². The second-order valence-electron chi connectivity index (χ2n) is 3.57. The van der Waals surface area contributed by atoms with E-state index in [1.165, 1.54) is 6.07 Å². The van der Waals surface area contributed by atoms with Gasteiger partial charge in [0.05, 0.1) is 6.10 Å². The number of nitrogens with two attached hydrogens (primary N) is 1. The van der Waals surface area contributed by atoms with Gasteiger partial charge in [0.1, 0.15) is 0 Å². The van der Waals surface area contributed by atoms with Crippen molar-refractivity contribution >= 4 is 0 Å². The van der Waals surface area contributed by atoms with Gasteiger partial charge < -0.3 is 10.5 Å². The molecule has 2 unspecified atom stereocenters. The summed E-state index contributed by atoms with van der Waals surface area (Å²) in [6.45, 7) is 3.79. The number of ether oxygens (including phenoxy) is 1. The van der Waals surface area contributed by atoms with Crippen LogP contribution in [0.3, 0.4) is 0 Å². The van der Waals surface area contributed by atoms with Crippen LogP contribution in [0, 0.1) is 5.82 Å². The van der Waals surface area contributed by atoms with E-state index in [1.807, 2.05) is 13.8 Å². The molecule has 0 saturated heterocycles. The maximum Gasteiger partial charge on any atom is 0.165 e. The predicted molar refractivity (Wildman–Crippen MR) is 54.8 cm³/mol. The molecule has 0 bridgehead atoms. The van der Waals surface area contributed by atoms with Gasteiger partial charge in [-0.3, -0.25) is 0 Å². The van der Waals surface area contributed by atoms with E-state index in [1.54, 1.807) is 18.2 Å². The van der Waals surface area contributed by atoms with E-state index in [-0.39, 0.29) is 18.0 Å². The molecule has 78 valence electrons. The first-order valence-electron chi connectivity index (χ1n) is 4.76. The molecule has 14 heavy (non-hydrogen) atoms. The molecule has 0 aliphatic rings. The predicted octanol–water partition coefficient (Wildman–Crippen LogP) is 2.33. The average Bonchev–Trinajstić information content (AvgIpc) is 2.07. The third-order valence-electron chi connectivity index (χ3n) is 1.87. The van der Waals surface area contributed by atoms with Crippen molar-refractivity contribution in [2.75, 3.05) is 0 Å². The van der Waals surface area contributed by atoms with E-state index >= 15 is 0 Å². The Hall–Kier alpha value is -1.09. The lowest BCUT2D eigenvalue weighted by Gasteiger charge is -2.16. The van der Waals surface area contributed by atoms with Crippen LogP contribution in [-0.4, -0.2) is 12.1 Å². The molecule has 1 aromatic rings. The summed E-state index contributed by atoms with van der Waals surface area (Å²) in [6.07, 6.45) is 0.654. The van der Waals surface area contributed by atoms with Crippen molar-refractivity contribution in [3.63, 3.8) is 0 Å². The fourth-order valence-corrected chi connectivity index (χ4v) is 1.33. The number of halogens is 1. The van der Waals surface area contributed by atoms with Crippen LogP contribution in [0.15, 0.2) is 24.3 Å².